The molecule has 6 atom stereocenters. The monoisotopic (exact) mass is 480 g/mol. The zero-order chi connectivity index (χ0) is 23.8. The minimum Gasteiger partial charge on any atom is -0.0891 e. The molecule has 0 spiro atoms. The average Bonchev–Trinajstić information content (AvgIpc) is 3.06. The number of thioether (sulfide) groups is 2. The van der Waals surface area contributed by atoms with Gasteiger partial charge in [0.2, 0.25) is 0 Å². The van der Waals surface area contributed by atoms with Gasteiger partial charge in [-0.05, 0) is 127 Å². The van der Waals surface area contributed by atoms with Gasteiger partial charge >= 0.3 is 0 Å². The molecule has 0 bridgehead atoms. The molecule has 180 valence electrons. The van der Waals surface area contributed by atoms with Crippen molar-refractivity contribution in [2.24, 2.45) is 29.1 Å². The van der Waals surface area contributed by atoms with E-state index in [1.54, 1.807) is 34.7 Å². The summed E-state index contributed by atoms with van der Waals surface area (Å²) in [6, 6.07) is 7.44. The van der Waals surface area contributed by atoms with E-state index in [1.807, 2.05) is 0 Å². The fraction of sp³-hybridized carbons (Fsp3) is 0.613. The van der Waals surface area contributed by atoms with Gasteiger partial charge in [0.05, 0.1) is 0 Å². The smallest absolute Gasteiger partial charge is 0.0420 e. The highest BCUT2D eigenvalue weighted by molar-refractivity contribution is 8.25. The Bertz CT molecular complexity index is 925. The number of fused-ring (bicyclic) bond motifs is 5. The Hall–Kier alpha value is -0.860. The zero-order valence-corrected chi connectivity index (χ0v) is 23.2. The maximum Gasteiger partial charge on any atom is 0.0420 e. The molecule has 0 N–H and O–H groups in total. The molecule has 1 aromatic rings. The van der Waals surface area contributed by atoms with Crippen molar-refractivity contribution >= 4 is 23.5 Å². The van der Waals surface area contributed by atoms with Crippen molar-refractivity contribution in [1.29, 1.82) is 0 Å². The number of hydrogen-bond donors (Lipinski definition) is 0. The van der Waals surface area contributed by atoms with Gasteiger partial charge in [-0.15, -0.1) is 0 Å². The molecule has 4 rings (SSSR count). The van der Waals surface area contributed by atoms with Crippen LogP contribution in [0.15, 0.2) is 51.5 Å². The van der Waals surface area contributed by atoms with Crippen molar-refractivity contribution < 1.29 is 0 Å². The van der Waals surface area contributed by atoms with Crippen LogP contribution in [0.1, 0.15) is 95.8 Å². The zero-order valence-electron chi connectivity index (χ0n) is 21.6. The minimum atomic E-state index is 0.531. The molecule has 2 saturated carbocycles. The van der Waals surface area contributed by atoms with E-state index in [9.17, 15) is 0 Å². The second-order valence-corrected chi connectivity index (χ2v) is 14.1. The SMILES string of the molecule is C=C(CCC1CC(C)C2(C)CCC3c4ccc(CC)cc4CCC3C12)SC(=C)S/C(C)=C\C. The maximum atomic E-state index is 4.43. The topological polar surface area (TPSA) is 0 Å². The number of allylic oxidation sites excluding steroid dienone is 3. The molecule has 3 aliphatic rings. The predicted molar refractivity (Wildman–Crippen MR) is 151 cm³/mol. The van der Waals surface area contributed by atoms with Gasteiger partial charge in [-0.2, -0.15) is 0 Å². The standard InChI is InChI=1S/C31H44S2/c1-8-21(4)32-23(6)33-22(5)10-12-26-18-20(3)31(7)17-16-28-27-14-11-24(9-2)19-25(27)13-15-29(28)30(26)31/h8,11,14,19-20,26,28-30H,5-6,9-10,12-13,15-18H2,1-4,7H3/b21-8-. The summed E-state index contributed by atoms with van der Waals surface area (Å²) in [4.78, 5) is 2.61. The van der Waals surface area contributed by atoms with Crippen LogP contribution in [0.3, 0.4) is 0 Å². The van der Waals surface area contributed by atoms with Crippen LogP contribution in [0.2, 0.25) is 0 Å². The molecule has 2 heteroatoms. The van der Waals surface area contributed by atoms with Gasteiger partial charge in [0, 0.05) is 4.24 Å². The van der Waals surface area contributed by atoms with Crippen LogP contribution >= 0.6 is 23.5 Å². The number of hydrogen-bond acceptors (Lipinski definition) is 2. The third kappa shape index (κ3) is 5.08. The fourth-order valence-corrected chi connectivity index (χ4v) is 9.51. The third-order valence-electron chi connectivity index (χ3n) is 9.52. The lowest BCUT2D eigenvalue weighted by Gasteiger charge is -2.52. The summed E-state index contributed by atoms with van der Waals surface area (Å²) in [6.45, 7) is 20.4. The van der Waals surface area contributed by atoms with E-state index in [2.05, 4.69) is 72.1 Å². The van der Waals surface area contributed by atoms with Gasteiger partial charge in [-0.25, -0.2) is 0 Å². The van der Waals surface area contributed by atoms with Crippen LogP contribution in [-0.4, -0.2) is 0 Å². The Kier molecular flexibility index (Phi) is 7.96. The van der Waals surface area contributed by atoms with Crippen molar-refractivity contribution in [2.75, 3.05) is 0 Å². The molecular formula is C31H44S2. The van der Waals surface area contributed by atoms with Gasteiger partial charge in [0.1, 0.15) is 0 Å². The molecule has 2 fully saturated rings. The van der Waals surface area contributed by atoms with Crippen LogP contribution in [0.5, 0.6) is 0 Å². The van der Waals surface area contributed by atoms with E-state index in [4.69, 9.17) is 0 Å². The maximum absolute atomic E-state index is 4.43. The first-order chi connectivity index (χ1) is 15.8. The lowest BCUT2D eigenvalue weighted by Crippen LogP contribution is -2.43. The van der Waals surface area contributed by atoms with E-state index in [0.717, 1.165) is 46.7 Å². The van der Waals surface area contributed by atoms with Crippen LogP contribution in [0.4, 0.5) is 0 Å². The van der Waals surface area contributed by atoms with Gasteiger partial charge in [-0.3, -0.25) is 0 Å². The highest BCUT2D eigenvalue weighted by atomic mass is 32.2. The lowest BCUT2D eigenvalue weighted by atomic mass is 9.53. The minimum absolute atomic E-state index is 0.531. The quantitative estimate of drug-likeness (QED) is 0.363. The molecule has 0 saturated heterocycles. The van der Waals surface area contributed by atoms with Gasteiger partial charge in [-0.1, -0.05) is 81.7 Å². The lowest BCUT2D eigenvalue weighted by molar-refractivity contribution is 0.0137. The highest BCUT2D eigenvalue weighted by Gasteiger charge is 2.56. The summed E-state index contributed by atoms with van der Waals surface area (Å²) in [7, 11) is 0. The third-order valence-corrected chi connectivity index (χ3v) is 11.5. The molecule has 0 aromatic heterocycles. The molecule has 6 unspecified atom stereocenters. The second-order valence-electron chi connectivity index (χ2n) is 11.2. The average molecular weight is 481 g/mol. The Morgan fingerprint density at radius 1 is 1.21 bits per heavy atom. The van der Waals surface area contributed by atoms with E-state index in [1.165, 1.54) is 53.9 Å². The largest absolute Gasteiger partial charge is 0.0891 e. The summed E-state index contributed by atoms with van der Waals surface area (Å²) < 4.78 is 1.16. The van der Waals surface area contributed by atoms with Crippen LogP contribution in [0, 0.1) is 29.1 Å². The molecule has 1 aromatic carbocycles. The van der Waals surface area contributed by atoms with Crippen LogP contribution in [0.25, 0.3) is 0 Å². The molecule has 3 aliphatic carbocycles. The molecule has 0 heterocycles. The van der Waals surface area contributed by atoms with E-state index < -0.39 is 0 Å². The van der Waals surface area contributed by atoms with Crippen LogP contribution in [-0.2, 0) is 12.8 Å². The number of benzene rings is 1. The van der Waals surface area contributed by atoms with Crippen molar-refractivity contribution in [3.8, 4) is 0 Å². The molecule has 0 amide bonds. The summed E-state index contributed by atoms with van der Waals surface area (Å²) in [5.41, 5.74) is 5.42. The Morgan fingerprint density at radius 2 is 2.00 bits per heavy atom. The first kappa shape index (κ1) is 25.2. The molecule has 0 nitrogen and oxygen atoms in total. The first-order valence-electron chi connectivity index (χ1n) is 13.2. The Labute approximate surface area is 212 Å². The Balaban J connectivity index is 1.46. The molecular weight excluding hydrogens is 436 g/mol. The normalized spacial score (nSPS) is 33.2. The van der Waals surface area contributed by atoms with E-state index >= 15 is 0 Å². The fourth-order valence-electron chi connectivity index (χ4n) is 7.58. The summed E-state index contributed by atoms with van der Waals surface area (Å²) >= 11 is 3.59. The van der Waals surface area contributed by atoms with E-state index in [0.29, 0.717) is 5.41 Å². The summed E-state index contributed by atoms with van der Waals surface area (Å²) in [5, 5.41) is 0. The number of rotatable bonds is 8. The molecule has 0 aliphatic heterocycles. The second kappa shape index (κ2) is 10.4. The highest BCUT2D eigenvalue weighted by Crippen LogP contribution is 2.65. The van der Waals surface area contributed by atoms with Gasteiger partial charge in [0.15, 0.2) is 0 Å². The molecule has 0 radical (unpaired) electrons. The van der Waals surface area contributed by atoms with Gasteiger partial charge < -0.3 is 0 Å². The van der Waals surface area contributed by atoms with E-state index in [-0.39, 0.29) is 0 Å². The first-order valence-corrected chi connectivity index (χ1v) is 14.9. The predicted octanol–water partition coefficient (Wildman–Crippen LogP) is 10.1. The van der Waals surface area contributed by atoms with Crippen molar-refractivity contribution in [3.05, 3.63) is 68.2 Å². The van der Waals surface area contributed by atoms with Crippen molar-refractivity contribution in [2.45, 2.75) is 91.9 Å². The van der Waals surface area contributed by atoms with Gasteiger partial charge in [0.25, 0.3) is 0 Å². The number of aryl methyl sites for hydroxylation is 2. The molecule has 33 heavy (non-hydrogen) atoms. The van der Waals surface area contributed by atoms with Crippen molar-refractivity contribution in [1.82, 2.24) is 0 Å². The Morgan fingerprint density at radius 3 is 2.73 bits per heavy atom. The van der Waals surface area contributed by atoms with Crippen molar-refractivity contribution in [3.63, 3.8) is 0 Å². The summed E-state index contributed by atoms with van der Waals surface area (Å²) in [5.74, 6) is 4.25. The van der Waals surface area contributed by atoms with Crippen LogP contribution < -0.4 is 0 Å². The summed E-state index contributed by atoms with van der Waals surface area (Å²) in [6.07, 6.45) is 12.7.